The van der Waals surface area contributed by atoms with Crippen LogP contribution in [-0.2, 0) is 11.2 Å². The highest BCUT2D eigenvalue weighted by atomic mass is 35.5. The predicted octanol–water partition coefficient (Wildman–Crippen LogP) is 2.76. The van der Waals surface area contributed by atoms with Crippen molar-refractivity contribution >= 4 is 24.0 Å². The summed E-state index contributed by atoms with van der Waals surface area (Å²) in [6.45, 7) is 0.996. The number of carbonyl (C=O) groups excluding carboxylic acids is 1. The van der Waals surface area contributed by atoms with Gasteiger partial charge >= 0.3 is 0 Å². The topological polar surface area (TPSA) is 50.4 Å². The smallest absolute Gasteiger partial charge is 0.251 e. The van der Waals surface area contributed by atoms with Crippen LogP contribution in [0, 0.1) is 0 Å². The minimum absolute atomic E-state index is 0. The van der Waals surface area contributed by atoms with Gasteiger partial charge in [-0.25, -0.2) is 0 Å². The van der Waals surface area contributed by atoms with Crippen LogP contribution in [0.2, 0.25) is 0 Å². The number of hydrogen-bond donors (Lipinski definition) is 2. The quantitative estimate of drug-likeness (QED) is 0.902. The van der Waals surface area contributed by atoms with Gasteiger partial charge in [0.2, 0.25) is 0 Å². The van der Waals surface area contributed by atoms with Crippen molar-refractivity contribution in [2.24, 2.45) is 0 Å². The third-order valence-corrected chi connectivity index (χ3v) is 4.39. The van der Waals surface area contributed by atoms with Crippen LogP contribution in [0.5, 0.6) is 0 Å². The number of amides is 1. The summed E-state index contributed by atoms with van der Waals surface area (Å²) in [7, 11) is 1.74. The average molecular weight is 311 g/mol. The molecule has 1 amide bonds. The van der Waals surface area contributed by atoms with Gasteiger partial charge in [0.05, 0.1) is 6.10 Å². The van der Waals surface area contributed by atoms with Crippen molar-refractivity contribution in [3.8, 4) is 0 Å². The van der Waals surface area contributed by atoms with E-state index < -0.39 is 0 Å². The summed E-state index contributed by atoms with van der Waals surface area (Å²) in [6.07, 6.45) is 5.35. The summed E-state index contributed by atoms with van der Waals surface area (Å²) < 4.78 is 5.36. The Bertz CT molecular complexity index is 507. The molecule has 2 aliphatic rings. The van der Waals surface area contributed by atoms with E-state index >= 15 is 0 Å². The number of anilines is 1. The molecule has 1 fully saturated rings. The standard InChI is InChI=1S/C16H22N2O2.ClH/c1-20-12-8-7-11(10-12)18-16(19)14-4-2-6-15-13(14)5-3-9-17-15;/h2,4,6,11-12,17H,3,5,7-10H2,1H3,(H,18,19);1H. The summed E-state index contributed by atoms with van der Waals surface area (Å²) in [6, 6.07) is 6.20. The van der Waals surface area contributed by atoms with Gasteiger partial charge in [0.1, 0.15) is 0 Å². The molecule has 1 aliphatic heterocycles. The first-order valence-corrected chi connectivity index (χ1v) is 7.47. The zero-order chi connectivity index (χ0) is 13.9. The molecular weight excluding hydrogens is 288 g/mol. The van der Waals surface area contributed by atoms with Gasteiger partial charge in [-0.3, -0.25) is 4.79 Å². The van der Waals surface area contributed by atoms with E-state index in [0.29, 0.717) is 6.10 Å². The van der Waals surface area contributed by atoms with E-state index in [0.717, 1.165) is 55.5 Å². The van der Waals surface area contributed by atoms with Gasteiger partial charge in [-0.05, 0) is 49.8 Å². The largest absolute Gasteiger partial charge is 0.385 e. The van der Waals surface area contributed by atoms with Crippen molar-refractivity contribution in [1.29, 1.82) is 0 Å². The zero-order valence-corrected chi connectivity index (χ0v) is 13.2. The van der Waals surface area contributed by atoms with E-state index in [1.807, 2.05) is 12.1 Å². The molecule has 1 aliphatic carbocycles. The van der Waals surface area contributed by atoms with E-state index in [4.69, 9.17) is 4.74 Å². The van der Waals surface area contributed by atoms with Gasteiger partial charge in [-0.15, -0.1) is 12.4 Å². The van der Waals surface area contributed by atoms with Crippen molar-refractivity contribution in [1.82, 2.24) is 5.32 Å². The molecule has 4 nitrogen and oxygen atoms in total. The Kier molecular flexibility index (Phi) is 5.48. The third kappa shape index (κ3) is 3.50. The Morgan fingerprint density at radius 2 is 2.24 bits per heavy atom. The molecule has 1 aromatic carbocycles. The van der Waals surface area contributed by atoms with Crippen molar-refractivity contribution in [3.63, 3.8) is 0 Å². The van der Waals surface area contributed by atoms with Gasteiger partial charge in [0.25, 0.3) is 5.91 Å². The van der Waals surface area contributed by atoms with Crippen LogP contribution < -0.4 is 10.6 Å². The average Bonchev–Trinajstić information content (AvgIpc) is 2.94. The van der Waals surface area contributed by atoms with Crippen molar-refractivity contribution in [3.05, 3.63) is 29.3 Å². The second kappa shape index (κ2) is 7.14. The molecule has 116 valence electrons. The number of nitrogens with one attached hydrogen (secondary N) is 2. The first-order valence-electron chi connectivity index (χ1n) is 7.47. The SMILES string of the molecule is COC1CCC(NC(=O)c2cccc3c2CCCN3)C1.Cl. The van der Waals surface area contributed by atoms with E-state index in [9.17, 15) is 4.79 Å². The highest BCUT2D eigenvalue weighted by Crippen LogP contribution is 2.26. The Labute approximate surface area is 132 Å². The van der Waals surface area contributed by atoms with Gasteiger partial charge in [-0.2, -0.15) is 0 Å². The van der Waals surface area contributed by atoms with E-state index in [-0.39, 0.29) is 24.4 Å². The highest BCUT2D eigenvalue weighted by Gasteiger charge is 2.27. The number of ether oxygens (including phenoxy) is 1. The first kappa shape index (κ1) is 16.1. The first-order chi connectivity index (χ1) is 9.78. The normalized spacial score (nSPS) is 23.7. The molecule has 0 bridgehead atoms. The second-order valence-corrected chi connectivity index (χ2v) is 5.70. The number of benzene rings is 1. The minimum atomic E-state index is 0. The molecule has 2 N–H and O–H groups in total. The van der Waals surface area contributed by atoms with Gasteiger partial charge in [-0.1, -0.05) is 6.07 Å². The van der Waals surface area contributed by atoms with Gasteiger partial charge in [0, 0.05) is 30.9 Å². The lowest BCUT2D eigenvalue weighted by molar-refractivity contribution is 0.0914. The van der Waals surface area contributed by atoms with E-state index in [2.05, 4.69) is 16.7 Å². The Morgan fingerprint density at radius 3 is 3.00 bits per heavy atom. The molecule has 0 radical (unpaired) electrons. The third-order valence-electron chi connectivity index (χ3n) is 4.39. The maximum absolute atomic E-state index is 12.5. The molecule has 5 heteroatoms. The highest BCUT2D eigenvalue weighted by molar-refractivity contribution is 5.97. The Morgan fingerprint density at radius 1 is 1.38 bits per heavy atom. The van der Waals surface area contributed by atoms with Gasteiger partial charge in [0.15, 0.2) is 0 Å². The molecule has 3 rings (SSSR count). The fourth-order valence-electron chi connectivity index (χ4n) is 3.27. The maximum atomic E-state index is 12.5. The zero-order valence-electron chi connectivity index (χ0n) is 12.4. The molecule has 2 unspecified atom stereocenters. The van der Waals surface area contributed by atoms with Crippen LogP contribution in [-0.4, -0.2) is 31.7 Å². The molecule has 1 aromatic rings. The molecule has 0 saturated heterocycles. The summed E-state index contributed by atoms with van der Waals surface area (Å²) >= 11 is 0. The summed E-state index contributed by atoms with van der Waals surface area (Å²) in [5.74, 6) is 0.0623. The van der Waals surface area contributed by atoms with Crippen molar-refractivity contribution in [2.45, 2.75) is 44.2 Å². The number of fused-ring (bicyclic) bond motifs is 1. The fourth-order valence-corrected chi connectivity index (χ4v) is 3.27. The van der Waals surface area contributed by atoms with Crippen molar-refractivity contribution < 1.29 is 9.53 Å². The number of rotatable bonds is 3. The van der Waals surface area contributed by atoms with Crippen LogP contribution in [0.3, 0.4) is 0 Å². The number of carbonyl (C=O) groups is 1. The Hall–Kier alpha value is -1.26. The molecule has 0 aromatic heterocycles. The van der Waals surface area contributed by atoms with Crippen LogP contribution in [0.4, 0.5) is 5.69 Å². The van der Waals surface area contributed by atoms with E-state index in [1.165, 1.54) is 0 Å². The van der Waals surface area contributed by atoms with Crippen LogP contribution in [0.15, 0.2) is 18.2 Å². The van der Waals surface area contributed by atoms with Crippen LogP contribution in [0.25, 0.3) is 0 Å². The van der Waals surface area contributed by atoms with E-state index in [1.54, 1.807) is 7.11 Å². The molecule has 2 atom stereocenters. The lowest BCUT2D eigenvalue weighted by atomic mass is 9.97. The van der Waals surface area contributed by atoms with Crippen LogP contribution in [0.1, 0.15) is 41.6 Å². The molecular formula is C16H23ClN2O2. The number of halogens is 1. The maximum Gasteiger partial charge on any atom is 0.251 e. The molecule has 1 heterocycles. The molecule has 1 saturated carbocycles. The van der Waals surface area contributed by atoms with Crippen molar-refractivity contribution in [2.75, 3.05) is 19.0 Å². The number of hydrogen-bond acceptors (Lipinski definition) is 3. The predicted molar refractivity (Wildman–Crippen MR) is 86.4 cm³/mol. The lowest BCUT2D eigenvalue weighted by Gasteiger charge is -2.21. The minimum Gasteiger partial charge on any atom is -0.385 e. The molecule has 21 heavy (non-hydrogen) atoms. The fraction of sp³-hybridized carbons (Fsp3) is 0.562. The Balaban J connectivity index is 0.00000161. The second-order valence-electron chi connectivity index (χ2n) is 5.70. The lowest BCUT2D eigenvalue weighted by Crippen LogP contribution is -2.34. The molecule has 0 spiro atoms. The summed E-state index contributed by atoms with van der Waals surface area (Å²) in [5.41, 5.74) is 3.11. The monoisotopic (exact) mass is 310 g/mol. The summed E-state index contributed by atoms with van der Waals surface area (Å²) in [5, 5.41) is 6.53. The van der Waals surface area contributed by atoms with Gasteiger partial charge < -0.3 is 15.4 Å². The number of methoxy groups -OCH3 is 1. The van der Waals surface area contributed by atoms with Crippen LogP contribution >= 0.6 is 12.4 Å². The summed E-state index contributed by atoms with van der Waals surface area (Å²) in [4.78, 5) is 12.5.